The lowest BCUT2D eigenvalue weighted by atomic mass is 9.98. The Morgan fingerprint density at radius 3 is 2.67 bits per heavy atom. The molecular formula is C17H19ClN2O. The predicted octanol–water partition coefficient (Wildman–Crippen LogP) is 3.66. The fourth-order valence-electron chi connectivity index (χ4n) is 3.05. The molecule has 21 heavy (non-hydrogen) atoms. The van der Waals surface area contributed by atoms with Crippen molar-refractivity contribution in [3.63, 3.8) is 0 Å². The lowest BCUT2D eigenvalue weighted by molar-refractivity contribution is 0.391. The highest BCUT2D eigenvalue weighted by molar-refractivity contribution is 6.30. The van der Waals surface area contributed by atoms with Crippen LogP contribution in [0.5, 0.6) is 5.75 Å². The smallest absolute Gasteiger partial charge is 0.125 e. The summed E-state index contributed by atoms with van der Waals surface area (Å²) in [5.74, 6) is 7.62. The second kappa shape index (κ2) is 6.06. The van der Waals surface area contributed by atoms with Gasteiger partial charge < -0.3 is 4.74 Å². The molecule has 3 nitrogen and oxygen atoms in total. The lowest BCUT2D eigenvalue weighted by Crippen LogP contribution is -2.30. The Morgan fingerprint density at radius 1 is 1.24 bits per heavy atom. The van der Waals surface area contributed by atoms with E-state index < -0.39 is 0 Å². The summed E-state index contributed by atoms with van der Waals surface area (Å²) < 4.78 is 5.45. The van der Waals surface area contributed by atoms with E-state index in [0.29, 0.717) is 16.9 Å². The number of nitrogens with two attached hydrogens (primary N) is 1. The van der Waals surface area contributed by atoms with Gasteiger partial charge in [-0.3, -0.25) is 11.3 Å². The van der Waals surface area contributed by atoms with Crippen molar-refractivity contribution in [1.82, 2.24) is 5.43 Å². The van der Waals surface area contributed by atoms with Gasteiger partial charge in [0.1, 0.15) is 5.75 Å². The molecule has 0 bridgehead atoms. The second-order valence-electron chi connectivity index (χ2n) is 5.45. The van der Waals surface area contributed by atoms with Gasteiger partial charge in [0.25, 0.3) is 0 Å². The molecule has 3 rings (SSSR count). The molecule has 3 N–H and O–H groups in total. The van der Waals surface area contributed by atoms with Gasteiger partial charge in [-0.25, -0.2) is 0 Å². The second-order valence-corrected chi connectivity index (χ2v) is 5.88. The predicted molar refractivity (Wildman–Crippen MR) is 85.4 cm³/mol. The number of hydrazine groups is 1. The van der Waals surface area contributed by atoms with Gasteiger partial charge in [-0.1, -0.05) is 48.0 Å². The van der Waals surface area contributed by atoms with Crippen molar-refractivity contribution >= 4 is 11.6 Å². The van der Waals surface area contributed by atoms with Crippen molar-refractivity contribution in [2.45, 2.75) is 18.4 Å². The minimum atomic E-state index is 0.0717. The Morgan fingerprint density at radius 2 is 2.00 bits per heavy atom. The summed E-state index contributed by atoms with van der Waals surface area (Å²) in [6, 6.07) is 16.3. The SMILES string of the molecule is COc1cc(Cl)ccc1C(NN)C1CC1c1ccccc1. The van der Waals surface area contributed by atoms with Crippen LogP contribution in [-0.2, 0) is 0 Å². The van der Waals surface area contributed by atoms with E-state index in [-0.39, 0.29) is 6.04 Å². The molecule has 0 radical (unpaired) electrons. The zero-order valence-corrected chi connectivity index (χ0v) is 12.7. The highest BCUT2D eigenvalue weighted by Gasteiger charge is 2.44. The van der Waals surface area contributed by atoms with Crippen LogP contribution in [0.2, 0.25) is 5.02 Å². The van der Waals surface area contributed by atoms with Crippen molar-refractivity contribution in [3.8, 4) is 5.75 Å². The van der Waals surface area contributed by atoms with Crippen LogP contribution >= 0.6 is 11.6 Å². The molecule has 0 amide bonds. The minimum absolute atomic E-state index is 0.0717. The van der Waals surface area contributed by atoms with Gasteiger partial charge in [0.15, 0.2) is 0 Å². The number of ether oxygens (including phenoxy) is 1. The Bertz CT molecular complexity index is 617. The van der Waals surface area contributed by atoms with Crippen LogP contribution in [0.3, 0.4) is 0 Å². The van der Waals surface area contributed by atoms with Gasteiger partial charge in [0.2, 0.25) is 0 Å². The normalized spacial score (nSPS) is 21.9. The summed E-state index contributed by atoms with van der Waals surface area (Å²) in [6.45, 7) is 0. The molecule has 0 spiro atoms. The van der Waals surface area contributed by atoms with E-state index in [1.807, 2.05) is 24.3 Å². The molecule has 3 atom stereocenters. The van der Waals surface area contributed by atoms with Crippen LogP contribution in [0.15, 0.2) is 48.5 Å². The highest BCUT2D eigenvalue weighted by atomic mass is 35.5. The third-order valence-electron chi connectivity index (χ3n) is 4.21. The molecule has 2 aromatic carbocycles. The van der Waals surface area contributed by atoms with Crippen LogP contribution < -0.4 is 16.0 Å². The summed E-state index contributed by atoms with van der Waals surface area (Å²) in [5.41, 5.74) is 5.38. The molecule has 3 unspecified atom stereocenters. The quantitative estimate of drug-likeness (QED) is 0.654. The topological polar surface area (TPSA) is 47.3 Å². The fourth-order valence-corrected chi connectivity index (χ4v) is 3.21. The van der Waals surface area contributed by atoms with Gasteiger partial charge in [0, 0.05) is 10.6 Å². The summed E-state index contributed by atoms with van der Waals surface area (Å²) in [7, 11) is 1.66. The number of rotatable bonds is 5. The first kappa shape index (κ1) is 14.4. The molecule has 110 valence electrons. The Balaban J connectivity index is 1.84. The monoisotopic (exact) mass is 302 g/mol. The Labute approximate surface area is 130 Å². The molecule has 1 aliphatic rings. The van der Waals surface area contributed by atoms with E-state index in [1.54, 1.807) is 7.11 Å². The highest BCUT2D eigenvalue weighted by Crippen LogP contribution is 2.54. The van der Waals surface area contributed by atoms with Crippen molar-refractivity contribution in [3.05, 3.63) is 64.7 Å². The van der Waals surface area contributed by atoms with Gasteiger partial charge in [-0.05, 0) is 36.0 Å². The summed E-state index contributed by atoms with van der Waals surface area (Å²) >= 11 is 6.03. The molecule has 1 fully saturated rings. The van der Waals surface area contributed by atoms with Crippen molar-refractivity contribution in [2.75, 3.05) is 7.11 Å². The average molecular weight is 303 g/mol. The number of benzene rings is 2. The Hall–Kier alpha value is -1.55. The molecule has 2 aromatic rings. The maximum Gasteiger partial charge on any atom is 0.125 e. The summed E-state index contributed by atoms with van der Waals surface area (Å²) in [6.07, 6.45) is 1.13. The lowest BCUT2D eigenvalue weighted by Gasteiger charge is -2.19. The number of methoxy groups -OCH3 is 1. The van der Waals surface area contributed by atoms with Crippen LogP contribution in [0.1, 0.15) is 29.5 Å². The first-order valence-corrected chi connectivity index (χ1v) is 7.47. The first-order valence-electron chi connectivity index (χ1n) is 7.09. The number of nitrogens with one attached hydrogen (secondary N) is 1. The van der Waals surface area contributed by atoms with Gasteiger partial charge >= 0.3 is 0 Å². The van der Waals surface area contributed by atoms with E-state index in [9.17, 15) is 0 Å². The summed E-state index contributed by atoms with van der Waals surface area (Å²) in [4.78, 5) is 0. The van der Waals surface area contributed by atoms with Gasteiger partial charge in [-0.2, -0.15) is 0 Å². The van der Waals surface area contributed by atoms with E-state index in [2.05, 4.69) is 29.7 Å². The number of hydrogen-bond donors (Lipinski definition) is 2. The average Bonchev–Trinajstić information content (AvgIpc) is 3.30. The third kappa shape index (κ3) is 2.91. The van der Waals surface area contributed by atoms with Crippen LogP contribution in [0.4, 0.5) is 0 Å². The van der Waals surface area contributed by atoms with Crippen LogP contribution in [0, 0.1) is 5.92 Å². The third-order valence-corrected chi connectivity index (χ3v) is 4.44. The van der Waals surface area contributed by atoms with Crippen molar-refractivity contribution in [2.24, 2.45) is 11.8 Å². The molecule has 4 heteroatoms. The van der Waals surface area contributed by atoms with Gasteiger partial charge in [-0.15, -0.1) is 0 Å². The zero-order valence-electron chi connectivity index (χ0n) is 11.9. The van der Waals surface area contributed by atoms with Crippen LogP contribution in [0.25, 0.3) is 0 Å². The molecule has 0 heterocycles. The molecule has 1 aliphatic carbocycles. The largest absolute Gasteiger partial charge is 0.496 e. The van der Waals surface area contributed by atoms with Crippen molar-refractivity contribution in [1.29, 1.82) is 0 Å². The number of hydrogen-bond acceptors (Lipinski definition) is 3. The van der Waals surface area contributed by atoms with Crippen molar-refractivity contribution < 1.29 is 4.74 Å². The fraction of sp³-hybridized carbons (Fsp3) is 0.294. The molecule has 0 aromatic heterocycles. The molecule has 0 aliphatic heterocycles. The summed E-state index contributed by atoms with van der Waals surface area (Å²) in [5, 5.41) is 0.668. The first-order chi connectivity index (χ1) is 10.2. The minimum Gasteiger partial charge on any atom is -0.496 e. The van der Waals surface area contributed by atoms with Crippen LogP contribution in [-0.4, -0.2) is 7.11 Å². The van der Waals surface area contributed by atoms with Gasteiger partial charge in [0.05, 0.1) is 13.2 Å². The standard InChI is InChI=1S/C17H19ClN2O/c1-21-16-9-12(18)7-8-13(16)17(20-19)15-10-14(15)11-5-3-2-4-6-11/h2-9,14-15,17,20H,10,19H2,1H3. The Kier molecular flexibility index (Phi) is 4.15. The van der Waals surface area contributed by atoms with E-state index in [4.69, 9.17) is 22.2 Å². The molecule has 0 saturated heterocycles. The maximum atomic E-state index is 6.03. The molecule has 1 saturated carbocycles. The molecular weight excluding hydrogens is 284 g/mol. The van der Waals surface area contributed by atoms with E-state index >= 15 is 0 Å². The van der Waals surface area contributed by atoms with E-state index in [1.165, 1.54) is 5.56 Å². The van der Waals surface area contributed by atoms with E-state index in [0.717, 1.165) is 17.7 Å². The number of halogens is 1. The zero-order chi connectivity index (χ0) is 14.8. The maximum absolute atomic E-state index is 6.03.